The summed E-state index contributed by atoms with van der Waals surface area (Å²) in [6.45, 7) is 15.2. The molecule has 0 bridgehead atoms. The van der Waals surface area contributed by atoms with Crippen LogP contribution in [-0.2, 0) is 7.05 Å². The summed E-state index contributed by atoms with van der Waals surface area (Å²) in [5, 5.41) is 23.6. The minimum absolute atomic E-state index is 0.103. The first-order chi connectivity index (χ1) is 25.3. The molecular weight excluding hydrogens is 683 g/mol. The van der Waals surface area contributed by atoms with Gasteiger partial charge < -0.3 is 4.57 Å². The first-order valence-corrected chi connectivity index (χ1v) is 17.6. The number of hydrogen-bond donors (Lipinski definition) is 0. The minimum atomic E-state index is -0.198. The van der Waals surface area contributed by atoms with Gasteiger partial charge in [-0.1, -0.05) is 48.5 Å². The molecule has 52 heavy (non-hydrogen) atoms. The van der Waals surface area contributed by atoms with Crippen molar-refractivity contribution in [1.82, 2.24) is 4.57 Å². The molecule has 0 unspecified atom stereocenters. The van der Waals surface area contributed by atoms with Crippen LogP contribution in [0, 0.1) is 35.8 Å². The maximum absolute atomic E-state index is 13.5. The number of nitrogens with zero attached hydrogens (tertiary/aromatic N) is 5. The van der Waals surface area contributed by atoms with Crippen molar-refractivity contribution in [3.05, 3.63) is 162 Å². The normalized spacial score (nSPS) is 17.1. The third-order valence-corrected chi connectivity index (χ3v) is 11.8. The van der Waals surface area contributed by atoms with E-state index < -0.39 is 0 Å². The van der Waals surface area contributed by atoms with E-state index in [2.05, 4.69) is 38.5 Å². The third kappa shape index (κ3) is 4.39. The Balaban J connectivity index is 1.15. The van der Waals surface area contributed by atoms with Gasteiger partial charge in [0.2, 0.25) is 0 Å². The first-order valence-electron chi connectivity index (χ1n) is 16.0. The topological polar surface area (TPSA) is 95.4 Å². The molecule has 9 heteroatoms. The van der Waals surface area contributed by atoms with Crippen LogP contribution in [-0.4, -0.2) is 16.1 Å². The molecule has 0 radical (unpaired) electrons. The Morgan fingerprint density at radius 3 is 1.44 bits per heavy atom. The smallest absolute Gasteiger partial charge is 0.270 e. The summed E-state index contributed by atoms with van der Waals surface area (Å²) < 4.78 is 4.23. The number of aryl methyl sites for hydroxylation is 1. The van der Waals surface area contributed by atoms with Crippen LogP contribution in [0.15, 0.2) is 107 Å². The lowest BCUT2D eigenvalue weighted by atomic mass is 10.0. The van der Waals surface area contributed by atoms with E-state index >= 15 is 0 Å². The summed E-state index contributed by atoms with van der Waals surface area (Å²) in [7, 11) is 2.03. The maximum Gasteiger partial charge on any atom is 0.270 e. The molecule has 0 atom stereocenters. The Morgan fingerprint density at radius 2 is 1.06 bits per heavy atom. The molecule has 0 fully saturated rings. The number of thiophene rings is 2. The van der Waals surface area contributed by atoms with Gasteiger partial charge in [0.05, 0.1) is 25.3 Å². The van der Waals surface area contributed by atoms with E-state index in [9.17, 15) is 20.1 Å². The molecule has 0 spiro atoms. The van der Waals surface area contributed by atoms with E-state index in [4.69, 9.17) is 13.1 Å². The van der Waals surface area contributed by atoms with Crippen LogP contribution in [0.3, 0.4) is 0 Å². The van der Waals surface area contributed by atoms with Crippen LogP contribution in [0.4, 0.5) is 0 Å². The summed E-state index contributed by atoms with van der Waals surface area (Å²) in [6.07, 6.45) is 3.59. The summed E-state index contributed by atoms with van der Waals surface area (Å²) in [6, 6.07) is 30.9. The Kier molecular flexibility index (Phi) is 6.80. The van der Waals surface area contributed by atoms with Gasteiger partial charge in [-0.05, 0) is 70.4 Å². The van der Waals surface area contributed by atoms with Crippen LogP contribution in [0.5, 0.6) is 0 Å². The molecule has 3 aromatic heterocycles. The van der Waals surface area contributed by atoms with E-state index in [1.165, 1.54) is 0 Å². The summed E-state index contributed by atoms with van der Waals surface area (Å²) in [5.74, 6) is -0.395. The number of carbonyl (C=O) groups excluding carboxylic acids is 2. The van der Waals surface area contributed by atoms with Crippen LogP contribution >= 0.6 is 22.7 Å². The summed E-state index contributed by atoms with van der Waals surface area (Å²) in [5.41, 5.74) is 5.56. The number of aromatic nitrogens is 1. The third-order valence-electron chi connectivity index (χ3n) is 9.71. The summed E-state index contributed by atoms with van der Waals surface area (Å²) in [4.78, 5) is 35.5. The average molecular weight is 702 g/mol. The van der Waals surface area contributed by atoms with Crippen molar-refractivity contribution < 1.29 is 9.59 Å². The van der Waals surface area contributed by atoms with Crippen LogP contribution in [0.1, 0.15) is 41.6 Å². The van der Waals surface area contributed by atoms with Gasteiger partial charge in [-0.2, -0.15) is 0 Å². The molecule has 2 aliphatic carbocycles. The fourth-order valence-electron chi connectivity index (χ4n) is 7.40. The molecule has 2 aliphatic rings. The second-order valence-corrected chi connectivity index (χ2v) is 14.7. The molecule has 4 aromatic carbocycles. The SMILES string of the molecule is [C-]#[N+]/C(C#N)=C1\C(=C\c2cc3cc4c(cc3s2)c2cc3sc(/C=C5\C(=O)c6ccccc6\C5=C(\C#N)[N+]#[C-])cc3cc2n4C)C(=O)c2ccccc21. The number of allylic oxidation sites excluding steroid dienone is 6. The quantitative estimate of drug-likeness (QED) is 0.102. The highest BCUT2D eigenvalue weighted by atomic mass is 32.1. The molecule has 7 nitrogen and oxygen atoms in total. The lowest BCUT2D eigenvalue weighted by molar-refractivity contribution is 0.103. The fraction of sp³-hybridized carbons (Fsp3) is 0.0233. The Hall–Kier alpha value is -7.14. The van der Waals surface area contributed by atoms with Crippen molar-refractivity contribution in [3.8, 4) is 12.1 Å². The van der Waals surface area contributed by atoms with Gasteiger partial charge in [-0.15, -0.1) is 22.7 Å². The van der Waals surface area contributed by atoms with Gasteiger partial charge in [0.15, 0.2) is 11.6 Å². The van der Waals surface area contributed by atoms with Crippen molar-refractivity contribution in [1.29, 1.82) is 10.5 Å². The number of ketones is 2. The first kappa shape index (κ1) is 30.9. The number of fused-ring (bicyclic) bond motifs is 7. The average Bonchev–Trinajstić information content (AvgIpc) is 3.94. The zero-order chi connectivity index (χ0) is 35.8. The van der Waals surface area contributed by atoms with Crippen molar-refractivity contribution in [2.75, 3.05) is 0 Å². The van der Waals surface area contributed by atoms with Crippen molar-refractivity contribution in [3.63, 3.8) is 0 Å². The zero-order valence-electron chi connectivity index (χ0n) is 27.1. The van der Waals surface area contributed by atoms with Gasteiger partial charge in [0.25, 0.3) is 11.4 Å². The Morgan fingerprint density at radius 1 is 0.654 bits per heavy atom. The highest BCUT2D eigenvalue weighted by Gasteiger charge is 2.33. The molecule has 0 N–H and O–H groups in total. The standard InChI is InChI=1S/C43H19N5O2S2/c1-46-34(20-44)40-26-8-4-6-10-28(26)42(49)32(40)16-24-12-22-14-36-30(18-38(22)51-24)31-19-39-23(15-37(31)48(36)3)13-25(52-39)17-33-41(35(21-45)47-2)27-9-5-7-11-29(27)43(33)50/h4-19H,3H3/b32-16-,33-17-,40-34-,41-35+. The van der Waals surface area contributed by atoms with Crippen LogP contribution in [0.25, 0.3) is 75.0 Å². The number of benzene rings is 4. The van der Waals surface area contributed by atoms with E-state index in [1.54, 1.807) is 83.4 Å². The van der Waals surface area contributed by atoms with Crippen molar-refractivity contribution >= 4 is 99.5 Å². The van der Waals surface area contributed by atoms with Crippen LogP contribution < -0.4 is 0 Å². The van der Waals surface area contributed by atoms with Crippen LogP contribution in [0.2, 0.25) is 0 Å². The van der Waals surface area contributed by atoms with E-state index in [0.29, 0.717) is 44.5 Å². The maximum atomic E-state index is 13.5. The molecule has 0 amide bonds. The minimum Gasteiger partial charge on any atom is -0.344 e. The molecule has 7 aromatic rings. The van der Waals surface area contributed by atoms with Gasteiger partial charge in [-0.3, -0.25) is 9.59 Å². The number of rotatable bonds is 2. The zero-order valence-corrected chi connectivity index (χ0v) is 28.7. The number of nitriles is 2. The molecular formula is C43H19N5O2S2. The summed E-state index contributed by atoms with van der Waals surface area (Å²) >= 11 is 3.09. The number of Topliss-reactive ketones (excluding diaryl/α,β-unsaturated/α-hetero) is 2. The van der Waals surface area contributed by atoms with E-state index in [0.717, 1.165) is 51.7 Å². The monoisotopic (exact) mass is 701 g/mol. The molecule has 3 heterocycles. The fourth-order valence-corrected chi connectivity index (χ4v) is 9.46. The molecule has 0 aliphatic heterocycles. The van der Waals surface area contributed by atoms with Gasteiger partial charge in [-0.25, -0.2) is 20.2 Å². The Labute approximate surface area is 304 Å². The van der Waals surface area contributed by atoms with Crippen molar-refractivity contribution in [2.45, 2.75) is 0 Å². The van der Waals surface area contributed by atoms with E-state index in [-0.39, 0.29) is 23.0 Å². The van der Waals surface area contributed by atoms with Gasteiger partial charge >= 0.3 is 0 Å². The molecule has 9 rings (SSSR count). The predicted octanol–water partition coefficient (Wildman–Crippen LogP) is 10.6. The largest absolute Gasteiger partial charge is 0.344 e. The van der Waals surface area contributed by atoms with E-state index in [1.807, 2.05) is 31.3 Å². The highest BCUT2D eigenvalue weighted by molar-refractivity contribution is 7.20. The Bertz CT molecular complexity index is 2920. The van der Waals surface area contributed by atoms with Crippen molar-refractivity contribution in [2.24, 2.45) is 7.05 Å². The second kappa shape index (κ2) is 11.5. The predicted molar refractivity (Wildman–Crippen MR) is 207 cm³/mol. The lowest BCUT2D eigenvalue weighted by Crippen LogP contribution is -1.95. The number of hydrogen-bond acceptors (Lipinski definition) is 6. The molecule has 0 saturated heterocycles. The van der Waals surface area contributed by atoms with Gasteiger partial charge in [0, 0.05) is 81.4 Å². The number of carbonyl (C=O) groups is 2. The van der Waals surface area contributed by atoms with Gasteiger partial charge in [0.1, 0.15) is 0 Å². The molecule has 0 saturated carbocycles. The lowest BCUT2D eigenvalue weighted by Gasteiger charge is -2.01. The highest BCUT2D eigenvalue weighted by Crippen LogP contribution is 2.44. The molecule has 240 valence electrons. The second-order valence-electron chi connectivity index (χ2n) is 12.4.